The second-order valence-electron chi connectivity index (χ2n) is 10.6. The summed E-state index contributed by atoms with van der Waals surface area (Å²) >= 11 is 12.2. The van der Waals surface area contributed by atoms with Crippen molar-refractivity contribution in [3.63, 3.8) is 0 Å². The second kappa shape index (κ2) is 9.86. The lowest BCUT2D eigenvalue weighted by atomic mass is 9.47. The summed E-state index contributed by atoms with van der Waals surface area (Å²) in [6.07, 6.45) is 1.51. The molecule has 0 saturated carbocycles. The molecule has 43 heavy (non-hydrogen) atoms. The molecule has 4 aliphatic rings. The number of rotatable bonds is 5. The third-order valence-corrected chi connectivity index (χ3v) is 9.16. The summed E-state index contributed by atoms with van der Waals surface area (Å²) in [7, 11) is 0. The molecule has 0 aromatic heterocycles. The van der Waals surface area contributed by atoms with Gasteiger partial charge in [-0.1, -0.05) is 83.9 Å². The van der Waals surface area contributed by atoms with E-state index in [1.54, 1.807) is 6.07 Å². The normalized spacial score (nSPS) is 23.2. The van der Waals surface area contributed by atoms with Crippen molar-refractivity contribution in [3.05, 3.63) is 139 Å². The number of nitro benzene ring substituents is 1. The number of hydrazone groups is 1. The van der Waals surface area contributed by atoms with Gasteiger partial charge in [0.2, 0.25) is 11.8 Å². The highest BCUT2D eigenvalue weighted by Gasteiger charge is 2.68. The maximum Gasteiger partial charge on any atom is 0.293 e. The number of hydrogen-bond acceptors (Lipinski definition) is 6. The van der Waals surface area contributed by atoms with Crippen molar-refractivity contribution in [2.24, 2.45) is 16.9 Å². The van der Waals surface area contributed by atoms with Crippen LogP contribution in [0.3, 0.4) is 0 Å². The minimum atomic E-state index is -1.27. The summed E-state index contributed by atoms with van der Waals surface area (Å²) in [5.41, 5.74) is 4.23. The van der Waals surface area contributed by atoms with Crippen LogP contribution < -0.4 is 10.3 Å². The average Bonchev–Trinajstić information content (AvgIpc) is 3.27. The molecule has 1 heterocycles. The van der Waals surface area contributed by atoms with Crippen molar-refractivity contribution < 1.29 is 19.3 Å². The Morgan fingerprint density at radius 3 is 2.19 bits per heavy atom. The lowest BCUT2D eigenvalue weighted by Gasteiger charge is -2.52. The Kier molecular flexibility index (Phi) is 6.19. The summed E-state index contributed by atoms with van der Waals surface area (Å²) in [6.45, 7) is 0. The van der Waals surface area contributed by atoms with Crippen LogP contribution in [0.4, 0.5) is 11.4 Å². The smallest absolute Gasteiger partial charge is 0.274 e. The van der Waals surface area contributed by atoms with Crippen molar-refractivity contribution in [2.75, 3.05) is 4.90 Å². The quantitative estimate of drug-likeness (QED) is 0.131. The number of carbonyl (C=O) groups excluding carboxylic acids is 3. The van der Waals surface area contributed by atoms with Gasteiger partial charge in [0.15, 0.2) is 0 Å². The third kappa shape index (κ3) is 3.78. The summed E-state index contributed by atoms with van der Waals surface area (Å²) in [5, 5.41) is 16.8. The minimum absolute atomic E-state index is 0.0813. The van der Waals surface area contributed by atoms with Gasteiger partial charge in [0.1, 0.15) is 5.69 Å². The molecule has 212 valence electrons. The lowest BCUT2D eigenvalue weighted by Crippen LogP contribution is -2.54. The zero-order chi connectivity index (χ0) is 30.0. The van der Waals surface area contributed by atoms with Gasteiger partial charge in [-0.25, -0.2) is 10.3 Å². The lowest BCUT2D eigenvalue weighted by molar-refractivity contribution is -0.384. The van der Waals surface area contributed by atoms with Gasteiger partial charge in [0.25, 0.3) is 11.6 Å². The van der Waals surface area contributed by atoms with E-state index in [0.29, 0.717) is 5.02 Å². The van der Waals surface area contributed by atoms with Crippen molar-refractivity contribution in [1.29, 1.82) is 0 Å². The molecule has 0 spiro atoms. The summed E-state index contributed by atoms with van der Waals surface area (Å²) in [5.74, 6) is -3.98. The van der Waals surface area contributed by atoms with E-state index in [2.05, 4.69) is 10.5 Å². The molecule has 3 aliphatic carbocycles. The molecule has 0 unspecified atom stereocenters. The Hall–Kier alpha value is -4.86. The number of anilines is 1. The van der Waals surface area contributed by atoms with Gasteiger partial charge in [-0.2, -0.15) is 5.10 Å². The fraction of sp³-hybridized carbons (Fsp3) is 0.125. The van der Waals surface area contributed by atoms with Gasteiger partial charge in [-0.15, -0.1) is 0 Å². The summed E-state index contributed by atoms with van der Waals surface area (Å²) < 4.78 is 0. The average molecular weight is 611 g/mol. The van der Waals surface area contributed by atoms with Crippen LogP contribution in [-0.2, 0) is 15.0 Å². The number of nitro groups is 1. The maximum absolute atomic E-state index is 14.4. The van der Waals surface area contributed by atoms with Crippen molar-refractivity contribution >= 4 is 58.5 Å². The van der Waals surface area contributed by atoms with Crippen LogP contribution >= 0.6 is 23.2 Å². The fourth-order valence-electron chi connectivity index (χ4n) is 7.02. The zero-order valence-corrected chi connectivity index (χ0v) is 23.6. The summed E-state index contributed by atoms with van der Waals surface area (Å²) in [4.78, 5) is 54.0. The SMILES string of the molecule is O=C(N/N=C\C12c3ccccc3C(c3ccccc31)[C@H]1C(=O)N(c3ccccc3[N+](=O)[O-])C(=O)[C@@H]12)c1ccc(Cl)cc1Cl. The number of nitrogens with zero attached hydrogens (tertiary/aromatic N) is 3. The molecule has 1 saturated heterocycles. The van der Waals surface area contributed by atoms with E-state index in [9.17, 15) is 24.5 Å². The zero-order valence-electron chi connectivity index (χ0n) is 22.1. The Morgan fingerprint density at radius 2 is 1.53 bits per heavy atom. The minimum Gasteiger partial charge on any atom is -0.274 e. The molecule has 0 radical (unpaired) electrons. The highest BCUT2D eigenvalue weighted by molar-refractivity contribution is 6.36. The first-order valence-electron chi connectivity index (χ1n) is 13.4. The standard InChI is InChI=1S/C32H20Cl2N4O5/c33-17-13-14-20(23(34)15-17)29(39)36-35-16-32-21-9-3-1-7-18(21)26(19-8-2-4-10-22(19)32)27-28(32)31(41)37(30(27)40)24-11-5-6-12-25(24)38(42)43/h1-16,26-28H,(H,36,39)/b35-16-/t26?,27-,28-,32?/m1/s1. The molecular weight excluding hydrogens is 591 g/mol. The molecule has 11 heteroatoms. The third-order valence-electron chi connectivity index (χ3n) is 8.61. The van der Waals surface area contributed by atoms with Crippen LogP contribution in [0.25, 0.3) is 0 Å². The monoisotopic (exact) mass is 610 g/mol. The Morgan fingerprint density at radius 1 is 0.907 bits per heavy atom. The topological polar surface area (TPSA) is 122 Å². The molecular formula is C32H20Cl2N4O5. The number of imide groups is 1. The van der Waals surface area contributed by atoms with Crippen LogP contribution in [-0.4, -0.2) is 28.9 Å². The maximum atomic E-state index is 14.4. The number of hydrogen-bond donors (Lipinski definition) is 1. The molecule has 4 aromatic carbocycles. The highest BCUT2D eigenvalue weighted by Crippen LogP contribution is 2.63. The highest BCUT2D eigenvalue weighted by atomic mass is 35.5. The van der Waals surface area contributed by atoms with Crippen molar-refractivity contribution in [1.82, 2.24) is 5.43 Å². The molecule has 2 atom stereocenters. The molecule has 3 amide bonds. The van der Waals surface area contributed by atoms with E-state index >= 15 is 0 Å². The number of benzene rings is 4. The van der Waals surface area contributed by atoms with Gasteiger partial charge in [-0.3, -0.25) is 24.5 Å². The van der Waals surface area contributed by atoms with Crippen LogP contribution in [0.2, 0.25) is 10.0 Å². The number of nitrogens with one attached hydrogen (secondary N) is 1. The van der Waals surface area contributed by atoms with Gasteiger partial charge in [-0.05, 0) is 46.5 Å². The number of carbonyl (C=O) groups is 3. The predicted octanol–water partition coefficient (Wildman–Crippen LogP) is 5.87. The molecule has 1 aliphatic heterocycles. The van der Waals surface area contributed by atoms with Crippen LogP contribution in [0.5, 0.6) is 0 Å². The van der Waals surface area contributed by atoms with E-state index in [-0.39, 0.29) is 22.0 Å². The van der Waals surface area contributed by atoms with Crippen LogP contribution in [0, 0.1) is 22.0 Å². The second-order valence-corrected chi connectivity index (χ2v) is 11.4. The van der Waals surface area contributed by atoms with Crippen molar-refractivity contribution in [2.45, 2.75) is 11.3 Å². The van der Waals surface area contributed by atoms with E-state index < -0.39 is 45.8 Å². The van der Waals surface area contributed by atoms with E-state index in [0.717, 1.165) is 27.2 Å². The first-order valence-corrected chi connectivity index (χ1v) is 14.1. The van der Waals surface area contributed by atoms with E-state index in [1.807, 2.05) is 48.5 Å². The Labute approximate surface area is 254 Å². The number of para-hydroxylation sites is 2. The van der Waals surface area contributed by atoms with E-state index in [1.165, 1.54) is 42.6 Å². The molecule has 1 N–H and O–H groups in total. The Balaban J connectivity index is 1.41. The van der Waals surface area contributed by atoms with Crippen LogP contribution in [0.1, 0.15) is 38.5 Å². The van der Waals surface area contributed by atoms with Crippen LogP contribution in [0.15, 0.2) is 96.1 Å². The molecule has 4 aromatic rings. The number of halogens is 2. The molecule has 9 nitrogen and oxygen atoms in total. The fourth-order valence-corrected chi connectivity index (χ4v) is 7.52. The molecule has 1 fully saturated rings. The predicted molar refractivity (Wildman–Crippen MR) is 160 cm³/mol. The largest absolute Gasteiger partial charge is 0.293 e. The first-order chi connectivity index (χ1) is 20.8. The van der Waals surface area contributed by atoms with Gasteiger partial charge >= 0.3 is 0 Å². The number of amides is 3. The molecule has 8 rings (SSSR count). The van der Waals surface area contributed by atoms with E-state index in [4.69, 9.17) is 23.2 Å². The van der Waals surface area contributed by atoms with Gasteiger partial charge in [0, 0.05) is 23.2 Å². The van der Waals surface area contributed by atoms with Gasteiger partial charge in [0.05, 0.1) is 32.8 Å². The molecule has 2 bridgehead atoms. The van der Waals surface area contributed by atoms with Crippen molar-refractivity contribution in [3.8, 4) is 0 Å². The first kappa shape index (κ1) is 27.0. The van der Waals surface area contributed by atoms with Gasteiger partial charge < -0.3 is 0 Å². The summed E-state index contributed by atoms with van der Waals surface area (Å²) in [6, 6.07) is 25.2. The Bertz CT molecular complexity index is 1880.